The van der Waals surface area contributed by atoms with E-state index in [1.54, 1.807) is 12.1 Å². The number of oxime groups is 1. The molecule has 0 unspecified atom stereocenters. The zero-order valence-electron chi connectivity index (χ0n) is 11.5. The van der Waals surface area contributed by atoms with Gasteiger partial charge in [0.05, 0.1) is 0 Å². The first-order chi connectivity index (χ1) is 9.79. The van der Waals surface area contributed by atoms with E-state index in [-0.39, 0.29) is 5.84 Å². The van der Waals surface area contributed by atoms with Gasteiger partial charge < -0.3 is 15.7 Å². The Morgan fingerprint density at radius 3 is 2.85 bits per heavy atom. The van der Waals surface area contributed by atoms with Crippen LogP contribution in [0.5, 0.6) is 5.75 Å². The first-order valence-corrected chi connectivity index (χ1v) is 7.96. The Labute approximate surface area is 123 Å². The number of amidine groups is 1. The van der Waals surface area contributed by atoms with Crippen LogP contribution in [-0.2, 0) is 0 Å². The summed E-state index contributed by atoms with van der Waals surface area (Å²) in [6.07, 6.45) is 1.26. The second kappa shape index (κ2) is 8.01. The van der Waals surface area contributed by atoms with Gasteiger partial charge in [-0.15, -0.1) is 0 Å². The first kappa shape index (κ1) is 15.0. The molecule has 0 atom stereocenters. The highest BCUT2D eigenvalue weighted by Crippen LogP contribution is 2.13. The van der Waals surface area contributed by atoms with E-state index < -0.39 is 0 Å². The van der Waals surface area contributed by atoms with Gasteiger partial charge in [0.2, 0.25) is 0 Å². The molecule has 6 heteroatoms. The van der Waals surface area contributed by atoms with E-state index in [0.717, 1.165) is 18.8 Å². The van der Waals surface area contributed by atoms with Crippen molar-refractivity contribution in [3.63, 3.8) is 0 Å². The summed E-state index contributed by atoms with van der Waals surface area (Å²) in [5.41, 5.74) is 6.19. The molecule has 1 fully saturated rings. The number of thioether (sulfide) groups is 1. The quantitative estimate of drug-likeness (QED) is 0.374. The van der Waals surface area contributed by atoms with Crippen molar-refractivity contribution in [2.75, 3.05) is 37.7 Å². The lowest BCUT2D eigenvalue weighted by Gasteiger charge is -2.19. The van der Waals surface area contributed by atoms with Gasteiger partial charge in [-0.05, 0) is 43.0 Å². The largest absolute Gasteiger partial charge is 0.492 e. The number of ether oxygens (including phenoxy) is 1. The summed E-state index contributed by atoms with van der Waals surface area (Å²) < 4.78 is 5.73. The van der Waals surface area contributed by atoms with Crippen molar-refractivity contribution in [3.05, 3.63) is 29.8 Å². The van der Waals surface area contributed by atoms with Crippen LogP contribution in [0.15, 0.2) is 29.4 Å². The van der Waals surface area contributed by atoms with Gasteiger partial charge in [0.15, 0.2) is 5.84 Å². The maximum atomic E-state index is 8.59. The Kier molecular flexibility index (Phi) is 6.01. The van der Waals surface area contributed by atoms with Crippen LogP contribution >= 0.6 is 11.8 Å². The van der Waals surface area contributed by atoms with Crippen molar-refractivity contribution in [3.8, 4) is 5.75 Å². The monoisotopic (exact) mass is 295 g/mol. The maximum Gasteiger partial charge on any atom is 0.170 e. The molecule has 2 rings (SSSR count). The molecular formula is C14H21N3O2S. The van der Waals surface area contributed by atoms with Crippen molar-refractivity contribution in [2.45, 2.75) is 6.42 Å². The number of hydrogen-bond donors (Lipinski definition) is 2. The zero-order valence-corrected chi connectivity index (χ0v) is 12.3. The van der Waals surface area contributed by atoms with Crippen LogP contribution in [0.2, 0.25) is 0 Å². The molecule has 1 aliphatic heterocycles. The molecule has 1 saturated heterocycles. The van der Waals surface area contributed by atoms with Gasteiger partial charge in [-0.3, -0.25) is 4.90 Å². The molecule has 0 radical (unpaired) electrons. The summed E-state index contributed by atoms with van der Waals surface area (Å²) in [6, 6.07) is 7.25. The smallest absolute Gasteiger partial charge is 0.170 e. The fourth-order valence-electron chi connectivity index (χ4n) is 2.09. The molecule has 110 valence electrons. The molecule has 1 aromatic rings. The molecule has 1 heterocycles. The van der Waals surface area contributed by atoms with Crippen molar-refractivity contribution in [2.24, 2.45) is 10.9 Å². The van der Waals surface area contributed by atoms with E-state index in [0.29, 0.717) is 12.2 Å². The van der Waals surface area contributed by atoms with Gasteiger partial charge in [-0.1, -0.05) is 5.16 Å². The highest BCUT2D eigenvalue weighted by atomic mass is 32.2. The number of rotatable bonds is 5. The molecule has 0 spiro atoms. The molecule has 0 bridgehead atoms. The summed E-state index contributed by atoms with van der Waals surface area (Å²) >= 11 is 2.03. The van der Waals surface area contributed by atoms with E-state index in [1.807, 2.05) is 23.9 Å². The van der Waals surface area contributed by atoms with Gasteiger partial charge >= 0.3 is 0 Å². The van der Waals surface area contributed by atoms with Crippen molar-refractivity contribution >= 4 is 17.6 Å². The fraction of sp³-hybridized carbons (Fsp3) is 0.500. The molecule has 0 amide bonds. The van der Waals surface area contributed by atoms with Crippen LogP contribution in [0, 0.1) is 0 Å². The minimum atomic E-state index is 0.110. The van der Waals surface area contributed by atoms with Crippen molar-refractivity contribution < 1.29 is 9.94 Å². The highest BCUT2D eigenvalue weighted by molar-refractivity contribution is 7.99. The Morgan fingerprint density at radius 2 is 2.10 bits per heavy atom. The van der Waals surface area contributed by atoms with E-state index in [1.165, 1.54) is 24.5 Å². The third-order valence-corrected chi connectivity index (χ3v) is 4.30. The standard InChI is InChI=1S/C14H21N3O2S/c15-14(16-18)12-2-4-13(5-3-12)19-9-7-17-6-1-10-20-11-8-17/h2-5,18H,1,6-11H2,(H2,15,16). The maximum absolute atomic E-state index is 8.59. The lowest BCUT2D eigenvalue weighted by atomic mass is 10.2. The molecule has 0 aliphatic carbocycles. The predicted octanol–water partition coefficient (Wildman–Crippen LogP) is 1.60. The lowest BCUT2D eigenvalue weighted by molar-refractivity contribution is 0.219. The number of benzene rings is 1. The third-order valence-electron chi connectivity index (χ3n) is 3.25. The van der Waals surface area contributed by atoms with E-state index in [9.17, 15) is 0 Å². The van der Waals surface area contributed by atoms with Gasteiger partial charge in [0.1, 0.15) is 12.4 Å². The molecule has 1 aliphatic rings. The zero-order chi connectivity index (χ0) is 14.2. The van der Waals surface area contributed by atoms with Gasteiger partial charge in [-0.25, -0.2) is 0 Å². The third kappa shape index (κ3) is 4.61. The SMILES string of the molecule is NC(=NO)c1ccc(OCCN2CCCSCC2)cc1. The minimum Gasteiger partial charge on any atom is -0.492 e. The predicted molar refractivity (Wildman–Crippen MR) is 82.8 cm³/mol. The van der Waals surface area contributed by atoms with Crippen LogP contribution in [-0.4, -0.2) is 53.7 Å². The Hall–Kier alpha value is -1.40. The number of nitrogens with zero attached hydrogens (tertiary/aromatic N) is 2. The Balaban J connectivity index is 1.76. The molecule has 1 aromatic carbocycles. The summed E-state index contributed by atoms with van der Waals surface area (Å²) in [6.45, 7) is 3.96. The highest BCUT2D eigenvalue weighted by Gasteiger charge is 2.08. The van der Waals surface area contributed by atoms with Crippen LogP contribution in [0.4, 0.5) is 0 Å². The van der Waals surface area contributed by atoms with Gasteiger partial charge in [-0.2, -0.15) is 11.8 Å². The van der Waals surface area contributed by atoms with Crippen LogP contribution in [0.1, 0.15) is 12.0 Å². The normalized spacial score (nSPS) is 17.7. The van der Waals surface area contributed by atoms with Gasteiger partial charge in [0, 0.05) is 24.4 Å². The van der Waals surface area contributed by atoms with E-state index in [2.05, 4.69) is 10.1 Å². The second-order valence-corrected chi connectivity index (χ2v) is 5.89. The summed E-state index contributed by atoms with van der Waals surface area (Å²) in [7, 11) is 0. The fourth-order valence-corrected chi connectivity index (χ4v) is 3.02. The molecule has 20 heavy (non-hydrogen) atoms. The summed E-state index contributed by atoms with van der Waals surface area (Å²) in [4.78, 5) is 2.45. The van der Waals surface area contributed by atoms with Crippen LogP contribution in [0.3, 0.4) is 0 Å². The van der Waals surface area contributed by atoms with E-state index in [4.69, 9.17) is 15.7 Å². The molecule has 0 saturated carbocycles. The lowest BCUT2D eigenvalue weighted by Crippen LogP contribution is -2.30. The average Bonchev–Trinajstić information content (AvgIpc) is 2.76. The Morgan fingerprint density at radius 1 is 1.30 bits per heavy atom. The van der Waals surface area contributed by atoms with Crippen molar-refractivity contribution in [1.29, 1.82) is 0 Å². The molecule has 5 nitrogen and oxygen atoms in total. The van der Waals surface area contributed by atoms with Crippen LogP contribution < -0.4 is 10.5 Å². The number of nitrogens with two attached hydrogens (primary N) is 1. The average molecular weight is 295 g/mol. The van der Waals surface area contributed by atoms with Crippen molar-refractivity contribution in [1.82, 2.24) is 4.90 Å². The molecule has 3 N–H and O–H groups in total. The molecular weight excluding hydrogens is 274 g/mol. The summed E-state index contributed by atoms with van der Waals surface area (Å²) in [5.74, 6) is 3.41. The van der Waals surface area contributed by atoms with E-state index >= 15 is 0 Å². The Bertz CT molecular complexity index is 429. The van der Waals surface area contributed by atoms with Crippen LogP contribution in [0.25, 0.3) is 0 Å². The van der Waals surface area contributed by atoms with Gasteiger partial charge in [0.25, 0.3) is 0 Å². The second-order valence-electron chi connectivity index (χ2n) is 4.67. The first-order valence-electron chi connectivity index (χ1n) is 6.80. The number of hydrogen-bond acceptors (Lipinski definition) is 5. The summed E-state index contributed by atoms with van der Waals surface area (Å²) in [5, 5.41) is 11.6. The minimum absolute atomic E-state index is 0.110. The topological polar surface area (TPSA) is 71.1 Å². The molecule has 0 aromatic heterocycles.